The average molecular weight is 564 g/mol. The highest BCUT2D eigenvalue weighted by Crippen LogP contribution is 2.52. The third kappa shape index (κ3) is 4.39. The zero-order chi connectivity index (χ0) is 27.7. The number of hydrogen-bond donors (Lipinski definition) is 5. The molecule has 0 spiro atoms. The van der Waals surface area contributed by atoms with E-state index < -0.39 is 82.6 Å². The number of halogens is 1. The van der Waals surface area contributed by atoms with Gasteiger partial charge in [-0.15, -0.1) is 12.4 Å². The SMILES string of the molecule is COc1cccc2c1C(=O)c1c(O)c3c(c(O)c1C2=O)C[C@](O)(C(C)=O)C[C@@H]3O[C@H]1C[C@@H](N)[C@H](O)[C@H](C)O1.Cl. The van der Waals surface area contributed by atoms with Gasteiger partial charge < -0.3 is 40.4 Å². The van der Waals surface area contributed by atoms with Crippen LogP contribution in [-0.2, 0) is 20.7 Å². The van der Waals surface area contributed by atoms with E-state index in [-0.39, 0.29) is 53.3 Å². The van der Waals surface area contributed by atoms with E-state index in [0.29, 0.717) is 0 Å². The van der Waals surface area contributed by atoms with Gasteiger partial charge in [-0.2, -0.15) is 0 Å². The lowest BCUT2D eigenvalue weighted by Gasteiger charge is -2.42. The number of phenolic OH excluding ortho intramolecular Hbond substituents is 2. The van der Waals surface area contributed by atoms with Crippen molar-refractivity contribution in [1.29, 1.82) is 0 Å². The van der Waals surface area contributed by atoms with Gasteiger partial charge in [0.05, 0.1) is 42.1 Å². The van der Waals surface area contributed by atoms with Crippen LogP contribution < -0.4 is 10.5 Å². The van der Waals surface area contributed by atoms with Gasteiger partial charge in [-0.05, 0) is 19.9 Å². The van der Waals surface area contributed by atoms with Gasteiger partial charge in [-0.25, -0.2) is 0 Å². The smallest absolute Gasteiger partial charge is 0.202 e. The molecule has 0 amide bonds. The van der Waals surface area contributed by atoms with E-state index in [2.05, 4.69) is 0 Å². The number of fused-ring (bicyclic) bond motifs is 3. The maximum absolute atomic E-state index is 13.6. The third-order valence-corrected chi connectivity index (χ3v) is 7.80. The summed E-state index contributed by atoms with van der Waals surface area (Å²) < 4.78 is 17.1. The summed E-state index contributed by atoms with van der Waals surface area (Å²) in [6.07, 6.45) is -4.53. The number of rotatable bonds is 4. The van der Waals surface area contributed by atoms with Crippen LogP contribution in [0.2, 0.25) is 0 Å². The number of carbonyl (C=O) groups is 3. The second kappa shape index (κ2) is 10.2. The van der Waals surface area contributed by atoms with Crippen molar-refractivity contribution in [3.05, 3.63) is 51.6 Å². The fourth-order valence-corrected chi connectivity index (χ4v) is 5.66. The summed E-state index contributed by atoms with van der Waals surface area (Å²) in [5, 5.41) is 44.1. The first-order valence-electron chi connectivity index (χ1n) is 12.2. The molecule has 0 aromatic heterocycles. The highest BCUT2D eigenvalue weighted by Gasteiger charge is 2.49. The Balaban J connectivity index is 0.00000353. The van der Waals surface area contributed by atoms with Crippen molar-refractivity contribution < 1.29 is 49.0 Å². The van der Waals surface area contributed by atoms with Crippen molar-refractivity contribution in [2.24, 2.45) is 5.73 Å². The summed E-state index contributed by atoms with van der Waals surface area (Å²) >= 11 is 0. The Morgan fingerprint density at radius 1 is 1.13 bits per heavy atom. The van der Waals surface area contributed by atoms with E-state index in [4.69, 9.17) is 19.9 Å². The number of aromatic hydroxyl groups is 2. The van der Waals surface area contributed by atoms with Crippen LogP contribution >= 0.6 is 12.4 Å². The molecule has 6 atom stereocenters. The Hall–Kier alpha value is -3.06. The molecule has 2 aromatic rings. The van der Waals surface area contributed by atoms with Gasteiger partial charge in [-0.3, -0.25) is 14.4 Å². The van der Waals surface area contributed by atoms with Crippen molar-refractivity contribution in [3.63, 3.8) is 0 Å². The Kier molecular flexibility index (Phi) is 7.54. The minimum atomic E-state index is -2.00. The van der Waals surface area contributed by atoms with E-state index in [1.807, 2.05) is 0 Å². The lowest BCUT2D eigenvalue weighted by atomic mass is 9.72. The van der Waals surface area contributed by atoms with Crippen LogP contribution in [0.1, 0.15) is 75.8 Å². The number of carbonyl (C=O) groups excluding carboxylic acids is 3. The zero-order valence-corrected chi connectivity index (χ0v) is 22.3. The normalized spacial score (nSPS) is 29.5. The molecule has 0 radical (unpaired) electrons. The molecular formula is C27H30ClNO10. The Morgan fingerprint density at radius 2 is 1.79 bits per heavy atom. The number of methoxy groups -OCH3 is 1. The number of ether oxygens (including phenoxy) is 3. The molecule has 210 valence electrons. The summed E-state index contributed by atoms with van der Waals surface area (Å²) in [7, 11) is 1.34. The number of aliphatic hydroxyl groups is 2. The second-order valence-corrected chi connectivity index (χ2v) is 10.1. The fraction of sp³-hybridized carbons (Fsp3) is 0.444. The van der Waals surface area contributed by atoms with Crippen molar-refractivity contribution in [1.82, 2.24) is 0 Å². The molecule has 0 unspecified atom stereocenters. The quantitative estimate of drug-likeness (QED) is 0.289. The van der Waals surface area contributed by atoms with E-state index in [1.54, 1.807) is 6.92 Å². The third-order valence-electron chi connectivity index (χ3n) is 7.80. The molecule has 6 N–H and O–H groups in total. The van der Waals surface area contributed by atoms with Crippen LogP contribution in [0, 0.1) is 0 Å². The predicted octanol–water partition coefficient (Wildman–Crippen LogP) is 1.45. The molecule has 1 heterocycles. The molecule has 3 aliphatic rings. The Bertz CT molecular complexity index is 1370. The zero-order valence-electron chi connectivity index (χ0n) is 21.5. The molecule has 5 rings (SSSR count). The number of phenols is 2. The number of benzene rings is 2. The summed E-state index contributed by atoms with van der Waals surface area (Å²) in [4.78, 5) is 39.6. The molecule has 12 heteroatoms. The molecule has 2 aliphatic carbocycles. The standard InChI is InChI=1S/C27H29NO10.ClH/c1-10-22(30)14(28)7-17(37-10)38-16-9-27(35,11(2)29)8-13-19(16)26(34)21-20(24(13)32)23(31)12-5-4-6-15(36-3)18(12)25(21)33;/h4-6,10,14,16-17,22,30,32,34-35H,7-9,28H2,1-3H3;1H/t10-,14+,16-,17-,22+,27+;/m0./s1. The molecule has 0 bridgehead atoms. The molecule has 2 aromatic carbocycles. The van der Waals surface area contributed by atoms with Gasteiger partial charge in [-0.1, -0.05) is 12.1 Å². The maximum Gasteiger partial charge on any atom is 0.202 e. The van der Waals surface area contributed by atoms with Crippen LogP contribution in [0.3, 0.4) is 0 Å². The van der Waals surface area contributed by atoms with Crippen LogP contribution in [0.4, 0.5) is 0 Å². The second-order valence-electron chi connectivity index (χ2n) is 10.1. The summed E-state index contributed by atoms with van der Waals surface area (Å²) in [5.74, 6) is -3.18. The lowest BCUT2D eigenvalue weighted by molar-refractivity contribution is -0.247. The molecule has 1 saturated heterocycles. The number of hydrogen-bond acceptors (Lipinski definition) is 11. The van der Waals surface area contributed by atoms with Crippen LogP contribution in [0.25, 0.3) is 0 Å². The highest BCUT2D eigenvalue weighted by molar-refractivity contribution is 6.31. The summed E-state index contributed by atoms with van der Waals surface area (Å²) in [6, 6.07) is 3.75. The lowest BCUT2D eigenvalue weighted by Crippen LogP contribution is -2.52. The first kappa shape index (κ1) is 28.9. The first-order chi connectivity index (χ1) is 17.9. The molecular weight excluding hydrogens is 534 g/mol. The van der Waals surface area contributed by atoms with Gasteiger partial charge in [0.25, 0.3) is 0 Å². The van der Waals surface area contributed by atoms with Crippen molar-refractivity contribution >= 4 is 29.8 Å². The van der Waals surface area contributed by atoms with Gasteiger partial charge in [0.2, 0.25) is 5.78 Å². The number of Topliss-reactive ketones (excluding diaryl/α,β-unsaturated/α-hetero) is 1. The van der Waals surface area contributed by atoms with Gasteiger partial charge in [0.1, 0.15) is 22.8 Å². The molecule has 11 nitrogen and oxygen atoms in total. The van der Waals surface area contributed by atoms with Crippen LogP contribution in [0.5, 0.6) is 17.2 Å². The summed E-state index contributed by atoms with van der Waals surface area (Å²) in [6.45, 7) is 2.79. The van der Waals surface area contributed by atoms with Gasteiger partial charge in [0.15, 0.2) is 17.9 Å². The minimum absolute atomic E-state index is 0. The van der Waals surface area contributed by atoms with Crippen molar-refractivity contribution in [2.75, 3.05) is 7.11 Å². The fourth-order valence-electron chi connectivity index (χ4n) is 5.66. The van der Waals surface area contributed by atoms with Crippen molar-refractivity contribution in [2.45, 2.75) is 69.4 Å². The minimum Gasteiger partial charge on any atom is -0.507 e. The number of aliphatic hydroxyl groups excluding tert-OH is 1. The van der Waals surface area contributed by atoms with Gasteiger partial charge in [0, 0.05) is 42.0 Å². The average Bonchev–Trinajstić information content (AvgIpc) is 2.87. The van der Waals surface area contributed by atoms with E-state index in [0.717, 1.165) is 0 Å². The van der Waals surface area contributed by atoms with Gasteiger partial charge >= 0.3 is 0 Å². The Morgan fingerprint density at radius 3 is 2.41 bits per heavy atom. The van der Waals surface area contributed by atoms with E-state index in [9.17, 15) is 34.8 Å². The van der Waals surface area contributed by atoms with Crippen molar-refractivity contribution in [3.8, 4) is 17.2 Å². The van der Waals surface area contributed by atoms with Crippen LogP contribution in [-0.4, -0.2) is 75.0 Å². The topological polar surface area (TPSA) is 186 Å². The largest absolute Gasteiger partial charge is 0.507 e. The number of nitrogens with two attached hydrogens (primary N) is 1. The number of ketones is 3. The highest BCUT2D eigenvalue weighted by atomic mass is 35.5. The van der Waals surface area contributed by atoms with Crippen LogP contribution in [0.15, 0.2) is 18.2 Å². The molecule has 1 aliphatic heterocycles. The maximum atomic E-state index is 13.6. The summed E-state index contributed by atoms with van der Waals surface area (Å²) in [5.41, 5.74) is 2.97. The predicted molar refractivity (Wildman–Crippen MR) is 138 cm³/mol. The molecule has 39 heavy (non-hydrogen) atoms. The Labute approximate surface area is 229 Å². The first-order valence-corrected chi connectivity index (χ1v) is 12.2. The van der Waals surface area contributed by atoms with E-state index in [1.165, 1.54) is 32.2 Å². The molecule has 1 fully saturated rings. The van der Waals surface area contributed by atoms with E-state index >= 15 is 0 Å². The monoisotopic (exact) mass is 563 g/mol. The molecule has 0 saturated carbocycles.